The van der Waals surface area contributed by atoms with E-state index in [0.717, 1.165) is 0 Å². The van der Waals surface area contributed by atoms with Crippen LogP contribution in [0.1, 0.15) is 55.5 Å². The number of aromatic nitrogens is 2. The number of hydrogen-bond acceptors (Lipinski definition) is 3. The lowest BCUT2D eigenvalue weighted by Crippen LogP contribution is -2.26. The van der Waals surface area contributed by atoms with Gasteiger partial charge in [-0.05, 0) is 18.8 Å². The molecule has 0 saturated heterocycles. The maximum Gasteiger partial charge on any atom is 0.343 e. The number of carboxylic acids is 1. The molecule has 0 unspecified atom stereocenters. The Morgan fingerprint density at radius 3 is 2.06 bits per heavy atom. The molecule has 0 atom stereocenters. The molecular weight excluding hydrogens is 232 g/mol. The fraction of sp³-hybridized carbons (Fsp3) is 0.615. The summed E-state index contributed by atoms with van der Waals surface area (Å²) in [6, 6.07) is 0. The number of nitrogens with one attached hydrogen (secondary N) is 1. The van der Waals surface area contributed by atoms with E-state index in [2.05, 4.69) is 37.7 Å². The third kappa shape index (κ3) is 2.78. The van der Waals surface area contributed by atoms with Crippen molar-refractivity contribution in [1.82, 2.24) is 9.97 Å². The van der Waals surface area contributed by atoms with Crippen molar-refractivity contribution in [2.45, 2.75) is 40.5 Å². The Labute approximate surface area is 106 Å². The number of H-pyrrole nitrogens is 1. The Morgan fingerprint density at radius 2 is 1.72 bits per heavy atom. The average Bonchev–Trinajstić information content (AvgIpc) is 2.13. The standard InChI is InChI=1S/C13H20N2O3/c1-6(2)9(7(3)4)11-14-8(5)10(13(17)18)12(16)15-11/h6-7,9H,1-5H3,(H,17,18)(H,14,15,16). The van der Waals surface area contributed by atoms with E-state index < -0.39 is 11.5 Å². The monoisotopic (exact) mass is 252 g/mol. The van der Waals surface area contributed by atoms with E-state index in [9.17, 15) is 9.59 Å². The number of aromatic carboxylic acids is 1. The lowest BCUT2D eigenvalue weighted by Gasteiger charge is -2.24. The molecule has 0 bridgehead atoms. The first-order valence-electron chi connectivity index (χ1n) is 6.09. The first kappa shape index (κ1) is 14.4. The molecule has 1 aromatic heterocycles. The minimum Gasteiger partial charge on any atom is -0.477 e. The smallest absolute Gasteiger partial charge is 0.343 e. The molecule has 100 valence electrons. The van der Waals surface area contributed by atoms with Gasteiger partial charge >= 0.3 is 5.97 Å². The van der Waals surface area contributed by atoms with Crippen molar-refractivity contribution in [3.05, 3.63) is 27.4 Å². The van der Waals surface area contributed by atoms with Crippen LogP contribution in [0.2, 0.25) is 0 Å². The number of aryl methyl sites for hydroxylation is 1. The Bertz CT molecular complexity index is 495. The number of carboxylic acid groups (broad SMARTS) is 1. The van der Waals surface area contributed by atoms with Crippen LogP contribution >= 0.6 is 0 Å². The highest BCUT2D eigenvalue weighted by Crippen LogP contribution is 2.29. The van der Waals surface area contributed by atoms with Crippen molar-refractivity contribution in [3.63, 3.8) is 0 Å². The van der Waals surface area contributed by atoms with Crippen LogP contribution in [0.25, 0.3) is 0 Å². The zero-order valence-electron chi connectivity index (χ0n) is 11.4. The summed E-state index contributed by atoms with van der Waals surface area (Å²) >= 11 is 0. The number of carbonyl (C=O) groups is 1. The second-order valence-electron chi connectivity index (χ2n) is 5.23. The van der Waals surface area contributed by atoms with Gasteiger partial charge in [0.2, 0.25) is 0 Å². The van der Waals surface area contributed by atoms with Gasteiger partial charge < -0.3 is 10.1 Å². The second-order valence-corrected chi connectivity index (χ2v) is 5.23. The molecule has 1 aromatic rings. The quantitative estimate of drug-likeness (QED) is 0.860. The van der Waals surface area contributed by atoms with Crippen LogP contribution in [0.5, 0.6) is 0 Å². The fourth-order valence-corrected chi connectivity index (χ4v) is 2.42. The van der Waals surface area contributed by atoms with Gasteiger partial charge in [0.05, 0.1) is 5.69 Å². The van der Waals surface area contributed by atoms with Gasteiger partial charge in [-0.1, -0.05) is 27.7 Å². The van der Waals surface area contributed by atoms with Gasteiger partial charge in [-0.25, -0.2) is 9.78 Å². The molecule has 0 spiro atoms. The zero-order chi connectivity index (χ0) is 14.0. The predicted molar refractivity (Wildman–Crippen MR) is 69.0 cm³/mol. The summed E-state index contributed by atoms with van der Waals surface area (Å²) in [6.45, 7) is 9.80. The average molecular weight is 252 g/mol. The summed E-state index contributed by atoms with van der Waals surface area (Å²) in [5, 5.41) is 8.93. The normalized spacial score (nSPS) is 11.6. The Balaban J connectivity index is 3.37. The van der Waals surface area contributed by atoms with E-state index in [1.54, 1.807) is 6.92 Å². The summed E-state index contributed by atoms with van der Waals surface area (Å²) in [5.74, 6) is 0.0941. The highest BCUT2D eigenvalue weighted by molar-refractivity contribution is 5.88. The summed E-state index contributed by atoms with van der Waals surface area (Å²) in [5.41, 5.74) is -0.575. The van der Waals surface area contributed by atoms with Crippen LogP contribution in [-0.2, 0) is 0 Å². The predicted octanol–water partition coefficient (Wildman–Crippen LogP) is 2.17. The van der Waals surface area contributed by atoms with Gasteiger partial charge in [0.15, 0.2) is 0 Å². The largest absolute Gasteiger partial charge is 0.477 e. The van der Waals surface area contributed by atoms with Crippen LogP contribution in [0.4, 0.5) is 0 Å². The highest BCUT2D eigenvalue weighted by atomic mass is 16.4. The van der Waals surface area contributed by atoms with Crippen LogP contribution in [0, 0.1) is 18.8 Å². The van der Waals surface area contributed by atoms with Gasteiger partial charge in [0, 0.05) is 5.92 Å². The SMILES string of the molecule is Cc1nc(C(C(C)C)C(C)C)[nH]c(=O)c1C(=O)O. The fourth-order valence-electron chi connectivity index (χ4n) is 2.42. The molecule has 2 N–H and O–H groups in total. The molecule has 0 aliphatic carbocycles. The third-order valence-corrected chi connectivity index (χ3v) is 3.08. The van der Waals surface area contributed by atoms with E-state index in [0.29, 0.717) is 17.7 Å². The van der Waals surface area contributed by atoms with Crippen LogP contribution in [-0.4, -0.2) is 21.0 Å². The maximum absolute atomic E-state index is 11.8. The molecule has 18 heavy (non-hydrogen) atoms. The summed E-state index contributed by atoms with van der Waals surface area (Å²) in [6.07, 6.45) is 0. The summed E-state index contributed by atoms with van der Waals surface area (Å²) < 4.78 is 0. The second kappa shape index (κ2) is 5.33. The van der Waals surface area contributed by atoms with Gasteiger partial charge in [-0.2, -0.15) is 0 Å². The molecule has 0 saturated carbocycles. The van der Waals surface area contributed by atoms with Crippen molar-refractivity contribution < 1.29 is 9.90 Å². The number of nitrogens with zero attached hydrogens (tertiary/aromatic N) is 1. The van der Waals surface area contributed by atoms with E-state index >= 15 is 0 Å². The summed E-state index contributed by atoms with van der Waals surface area (Å²) in [7, 11) is 0. The number of rotatable bonds is 4. The van der Waals surface area contributed by atoms with Gasteiger partial charge in [-0.15, -0.1) is 0 Å². The molecule has 5 heteroatoms. The van der Waals surface area contributed by atoms with Crippen LogP contribution in [0.15, 0.2) is 4.79 Å². The summed E-state index contributed by atoms with van der Waals surface area (Å²) in [4.78, 5) is 29.6. The molecule has 0 aliphatic heterocycles. The minimum absolute atomic E-state index is 0.110. The lowest BCUT2D eigenvalue weighted by atomic mass is 9.85. The molecule has 0 aliphatic rings. The van der Waals surface area contributed by atoms with Crippen molar-refractivity contribution in [2.24, 2.45) is 11.8 Å². The molecule has 1 heterocycles. The Hall–Kier alpha value is -1.65. The molecular formula is C13H20N2O3. The van der Waals surface area contributed by atoms with E-state index in [1.807, 2.05) is 0 Å². The first-order valence-corrected chi connectivity index (χ1v) is 6.09. The first-order chi connectivity index (χ1) is 8.25. The lowest BCUT2D eigenvalue weighted by molar-refractivity contribution is 0.0693. The van der Waals surface area contributed by atoms with Crippen LogP contribution < -0.4 is 5.56 Å². The Kier molecular flexibility index (Phi) is 4.27. The highest BCUT2D eigenvalue weighted by Gasteiger charge is 2.24. The van der Waals surface area contributed by atoms with Gasteiger partial charge in [0.1, 0.15) is 11.4 Å². The van der Waals surface area contributed by atoms with E-state index in [4.69, 9.17) is 5.11 Å². The van der Waals surface area contributed by atoms with Gasteiger partial charge in [-0.3, -0.25) is 4.79 Å². The minimum atomic E-state index is -1.24. The molecule has 0 amide bonds. The molecule has 1 rings (SSSR count). The Morgan fingerprint density at radius 1 is 1.22 bits per heavy atom. The number of hydrogen-bond donors (Lipinski definition) is 2. The third-order valence-electron chi connectivity index (χ3n) is 3.08. The number of aromatic amines is 1. The van der Waals surface area contributed by atoms with Crippen molar-refractivity contribution in [3.8, 4) is 0 Å². The van der Waals surface area contributed by atoms with Crippen molar-refractivity contribution in [2.75, 3.05) is 0 Å². The van der Waals surface area contributed by atoms with E-state index in [-0.39, 0.29) is 17.2 Å². The van der Waals surface area contributed by atoms with Crippen molar-refractivity contribution >= 4 is 5.97 Å². The van der Waals surface area contributed by atoms with Crippen molar-refractivity contribution in [1.29, 1.82) is 0 Å². The van der Waals surface area contributed by atoms with Gasteiger partial charge in [0.25, 0.3) is 5.56 Å². The molecule has 5 nitrogen and oxygen atoms in total. The van der Waals surface area contributed by atoms with E-state index in [1.165, 1.54) is 0 Å². The molecule has 0 radical (unpaired) electrons. The van der Waals surface area contributed by atoms with Crippen LogP contribution in [0.3, 0.4) is 0 Å². The molecule has 0 fully saturated rings. The zero-order valence-corrected chi connectivity index (χ0v) is 11.4. The maximum atomic E-state index is 11.8. The molecule has 0 aromatic carbocycles. The topological polar surface area (TPSA) is 83.0 Å².